The van der Waals surface area contributed by atoms with E-state index in [2.05, 4.69) is 39.7 Å². The molecule has 0 N–H and O–H groups in total. The van der Waals surface area contributed by atoms with Gasteiger partial charge >= 0.3 is 0 Å². The second-order valence-electron chi connectivity index (χ2n) is 7.74. The van der Waals surface area contributed by atoms with Crippen LogP contribution in [-0.2, 0) is 9.63 Å². The fourth-order valence-corrected chi connectivity index (χ4v) is 3.91. The van der Waals surface area contributed by atoms with Gasteiger partial charge in [-0.1, -0.05) is 44.4 Å². The van der Waals surface area contributed by atoms with Gasteiger partial charge in [-0.25, -0.2) is 0 Å². The highest BCUT2D eigenvalue weighted by atomic mass is 32.2. The first-order valence-corrected chi connectivity index (χ1v) is 10.0. The molecular weight excluding hydrogens is 294 g/mol. The molecule has 1 aliphatic rings. The highest BCUT2D eigenvalue weighted by molar-refractivity contribution is 8.13. The zero-order valence-electron chi connectivity index (χ0n) is 15.4. The first-order valence-electron chi connectivity index (χ1n) is 8.79. The fraction of sp³-hybridized carbons (Fsp3) is 0.944. The number of thioether (sulfide) groups is 1. The van der Waals surface area contributed by atoms with Crippen LogP contribution in [0.2, 0.25) is 0 Å². The summed E-state index contributed by atoms with van der Waals surface area (Å²) in [4.78, 5) is 18.6. The van der Waals surface area contributed by atoms with E-state index in [1.807, 2.05) is 6.26 Å². The van der Waals surface area contributed by atoms with Crippen molar-refractivity contribution in [3.63, 3.8) is 0 Å². The second kappa shape index (κ2) is 8.70. The van der Waals surface area contributed by atoms with Gasteiger partial charge in [0.1, 0.15) is 6.10 Å². The van der Waals surface area contributed by atoms with E-state index in [9.17, 15) is 4.79 Å². The van der Waals surface area contributed by atoms with Crippen LogP contribution in [-0.4, -0.2) is 33.6 Å². The highest BCUT2D eigenvalue weighted by Crippen LogP contribution is 2.39. The van der Waals surface area contributed by atoms with Crippen molar-refractivity contribution in [2.45, 2.75) is 103 Å². The molecule has 130 valence electrons. The third kappa shape index (κ3) is 5.54. The molecule has 0 aromatic carbocycles. The van der Waals surface area contributed by atoms with Gasteiger partial charge in [0.05, 0.1) is 0 Å². The smallest absolute Gasteiger partial charge is 0.219 e. The molecule has 22 heavy (non-hydrogen) atoms. The summed E-state index contributed by atoms with van der Waals surface area (Å²) < 4.78 is 0. The molecule has 0 amide bonds. The summed E-state index contributed by atoms with van der Waals surface area (Å²) in [5.74, 6) is 0. The number of carbonyl (C=O) groups is 1. The van der Waals surface area contributed by atoms with Crippen LogP contribution in [0.1, 0.15) is 86.0 Å². The predicted octanol–water partition coefficient (Wildman–Crippen LogP) is 5.19. The van der Waals surface area contributed by atoms with E-state index in [-0.39, 0.29) is 22.3 Å². The lowest BCUT2D eigenvalue weighted by atomic mass is 9.82. The summed E-state index contributed by atoms with van der Waals surface area (Å²) in [6, 6.07) is 0. The van der Waals surface area contributed by atoms with Gasteiger partial charge < -0.3 is 0 Å². The Bertz CT molecular complexity index is 339. The number of piperidine rings is 1. The molecule has 0 radical (unpaired) electrons. The van der Waals surface area contributed by atoms with Crippen LogP contribution >= 0.6 is 11.8 Å². The van der Waals surface area contributed by atoms with E-state index in [4.69, 9.17) is 4.84 Å². The van der Waals surface area contributed by atoms with Crippen molar-refractivity contribution in [2.75, 3.05) is 6.26 Å². The molecule has 0 spiro atoms. The fourth-order valence-electron chi connectivity index (χ4n) is 3.49. The molecule has 0 aliphatic carbocycles. The number of hydroxylamine groups is 2. The Morgan fingerprint density at radius 1 is 1.14 bits per heavy atom. The monoisotopic (exact) mass is 329 g/mol. The molecule has 1 fully saturated rings. The van der Waals surface area contributed by atoms with Crippen molar-refractivity contribution < 1.29 is 9.63 Å². The molecule has 0 aromatic heterocycles. The van der Waals surface area contributed by atoms with E-state index in [0.717, 1.165) is 25.7 Å². The summed E-state index contributed by atoms with van der Waals surface area (Å²) in [7, 11) is 0. The first-order chi connectivity index (χ1) is 10.2. The van der Waals surface area contributed by atoms with Gasteiger partial charge in [-0.05, 0) is 59.6 Å². The number of unbranched alkanes of at least 4 members (excludes halogenated alkanes) is 3. The van der Waals surface area contributed by atoms with Crippen molar-refractivity contribution in [1.29, 1.82) is 0 Å². The van der Waals surface area contributed by atoms with Gasteiger partial charge in [0.2, 0.25) is 5.12 Å². The molecule has 3 nitrogen and oxygen atoms in total. The van der Waals surface area contributed by atoms with Gasteiger partial charge in [-0.2, -0.15) is 5.06 Å². The molecule has 1 unspecified atom stereocenters. The standard InChI is InChI=1S/C18H35NO2S/c1-7-8-9-10-12-15(16(20)22-6)21-19-17(2,3)13-11-14-18(19,4)5/h15H,7-14H2,1-6H3. The second-order valence-corrected chi connectivity index (χ2v) is 8.55. The Kier molecular flexibility index (Phi) is 7.90. The van der Waals surface area contributed by atoms with Gasteiger partial charge in [0, 0.05) is 11.1 Å². The molecule has 0 bridgehead atoms. The van der Waals surface area contributed by atoms with E-state index < -0.39 is 0 Å². The zero-order chi connectivity index (χ0) is 16.8. The minimum absolute atomic E-state index is 0.0118. The van der Waals surface area contributed by atoms with Crippen LogP contribution in [0.15, 0.2) is 0 Å². The maximum absolute atomic E-state index is 12.3. The summed E-state index contributed by atoms with van der Waals surface area (Å²) in [5.41, 5.74) is -0.0236. The molecule has 1 rings (SSSR count). The number of hydrogen-bond acceptors (Lipinski definition) is 4. The summed E-state index contributed by atoms with van der Waals surface area (Å²) in [6.45, 7) is 11.1. The van der Waals surface area contributed by atoms with Crippen molar-refractivity contribution in [2.24, 2.45) is 0 Å². The summed E-state index contributed by atoms with van der Waals surface area (Å²) >= 11 is 1.29. The van der Waals surface area contributed by atoms with Crippen LogP contribution in [0.3, 0.4) is 0 Å². The Morgan fingerprint density at radius 3 is 2.23 bits per heavy atom. The number of carbonyl (C=O) groups excluding carboxylic acids is 1. The van der Waals surface area contributed by atoms with Gasteiger partial charge in [-0.3, -0.25) is 9.63 Å². The Morgan fingerprint density at radius 2 is 1.73 bits per heavy atom. The van der Waals surface area contributed by atoms with Crippen molar-refractivity contribution >= 4 is 16.9 Å². The van der Waals surface area contributed by atoms with E-state index in [0.29, 0.717) is 0 Å². The highest BCUT2D eigenvalue weighted by Gasteiger charge is 2.44. The number of hydrogen-bond donors (Lipinski definition) is 0. The Labute approximate surface area is 141 Å². The molecule has 0 saturated carbocycles. The van der Waals surface area contributed by atoms with E-state index in [1.54, 1.807) is 0 Å². The average molecular weight is 330 g/mol. The van der Waals surface area contributed by atoms with Gasteiger partial charge in [0.15, 0.2) is 0 Å². The van der Waals surface area contributed by atoms with Crippen LogP contribution in [0.4, 0.5) is 0 Å². The van der Waals surface area contributed by atoms with E-state index >= 15 is 0 Å². The molecule has 4 heteroatoms. The Balaban J connectivity index is 2.75. The van der Waals surface area contributed by atoms with Crippen LogP contribution < -0.4 is 0 Å². The molecule has 1 atom stereocenters. The minimum atomic E-state index is -0.302. The van der Waals surface area contributed by atoms with Crippen LogP contribution in [0, 0.1) is 0 Å². The maximum Gasteiger partial charge on any atom is 0.219 e. The zero-order valence-corrected chi connectivity index (χ0v) is 16.2. The van der Waals surface area contributed by atoms with Gasteiger partial charge in [-0.15, -0.1) is 0 Å². The SMILES string of the molecule is CCCCCCC(ON1C(C)(C)CCCC1(C)C)C(=O)SC. The minimum Gasteiger partial charge on any atom is -0.286 e. The predicted molar refractivity (Wildman–Crippen MR) is 96.0 cm³/mol. The lowest BCUT2D eigenvalue weighted by Crippen LogP contribution is -2.59. The largest absolute Gasteiger partial charge is 0.286 e. The number of nitrogens with zero attached hydrogens (tertiary/aromatic N) is 1. The third-order valence-corrected chi connectivity index (χ3v) is 5.36. The molecule has 0 aromatic rings. The summed E-state index contributed by atoms with van der Waals surface area (Å²) in [6.07, 6.45) is 10.6. The summed E-state index contributed by atoms with van der Waals surface area (Å²) in [5, 5.41) is 2.29. The third-order valence-electron chi connectivity index (χ3n) is 4.69. The molecule has 1 saturated heterocycles. The topological polar surface area (TPSA) is 29.5 Å². The normalized spacial score (nSPS) is 22.5. The Hall–Kier alpha value is -0.0600. The lowest BCUT2D eigenvalue weighted by Gasteiger charge is -2.52. The van der Waals surface area contributed by atoms with E-state index in [1.165, 1.54) is 37.4 Å². The first kappa shape index (κ1) is 20.0. The average Bonchev–Trinajstić information content (AvgIpc) is 2.43. The molecular formula is C18H35NO2S. The van der Waals surface area contributed by atoms with Crippen molar-refractivity contribution in [3.05, 3.63) is 0 Å². The van der Waals surface area contributed by atoms with Crippen LogP contribution in [0.25, 0.3) is 0 Å². The molecule has 1 aliphatic heterocycles. The van der Waals surface area contributed by atoms with Crippen molar-refractivity contribution in [3.8, 4) is 0 Å². The van der Waals surface area contributed by atoms with Crippen LogP contribution in [0.5, 0.6) is 0 Å². The van der Waals surface area contributed by atoms with Crippen molar-refractivity contribution in [1.82, 2.24) is 5.06 Å². The molecule has 1 heterocycles. The lowest BCUT2D eigenvalue weighted by molar-refractivity contribution is -0.297. The van der Waals surface area contributed by atoms with Gasteiger partial charge in [0.25, 0.3) is 0 Å². The maximum atomic E-state index is 12.3. The number of rotatable bonds is 8. The quantitative estimate of drug-likeness (QED) is 0.573.